The van der Waals surface area contributed by atoms with Gasteiger partial charge in [-0.15, -0.1) is 11.3 Å². The highest BCUT2D eigenvalue weighted by Crippen LogP contribution is 2.10. The molecule has 2 rings (SSSR count). The van der Waals surface area contributed by atoms with Crippen molar-refractivity contribution >= 4 is 57.9 Å². The molecular weight excluding hydrogens is 314 g/mol. The molecular formula is C13H10ClN3OS2. The van der Waals surface area contributed by atoms with Gasteiger partial charge in [0.25, 0.3) is 0 Å². The van der Waals surface area contributed by atoms with Crippen LogP contribution in [-0.4, -0.2) is 16.0 Å². The average molecular weight is 324 g/mol. The van der Waals surface area contributed by atoms with E-state index in [0.717, 1.165) is 4.88 Å². The van der Waals surface area contributed by atoms with E-state index in [2.05, 4.69) is 15.6 Å². The first-order chi connectivity index (χ1) is 9.63. The summed E-state index contributed by atoms with van der Waals surface area (Å²) in [6.45, 7) is 0. The van der Waals surface area contributed by atoms with Gasteiger partial charge in [0.1, 0.15) is 5.15 Å². The molecule has 0 bridgehead atoms. The van der Waals surface area contributed by atoms with Crippen molar-refractivity contribution in [2.45, 2.75) is 0 Å². The van der Waals surface area contributed by atoms with Gasteiger partial charge in [0.05, 0.1) is 11.9 Å². The van der Waals surface area contributed by atoms with Crippen LogP contribution in [0.15, 0.2) is 41.9 Å². The first-order valence-corrected chi connectivity index (χ1v) is 7.25. The Morgan fingerprint density at radius 1 is 1.40 bits per heavy atom. The normalized spacial score (nSPS) is 10.4. The molecule has 0 atom stereocenters. The van der Waals surface area contributed by atoms with Crippen LogP contribution in [0.5, 0.6) is 0 Å². The van der Waals surface area contributed by atoms with Crippen molar-refractivity contribution in [3.05, 3.63) is 51.9 Å². The Hall–Kier alpha value is -1.76. The monoisotopic (exact) mass is 323 g/mol. The molecule has 102 valence electrons. The molecule has 2 aromatic heterocycles. The van der Waals surface area contributed by atoms with Crippen LogP contribution in [0.25, 0.3) is 6.08 Å². The molecule has 0 saturated carbocycles. The minimum absolute atomic E-state index is 0.204. The molecule has 7 heteroatoms. The van der Waals surface area contributed by atoms with Crippen LogP contribution in [0.3, 0.4) is 0 Å². The lowest BCUT2D eigenvalue weighted by molar-refractivity contribution is -0.115. The predicted octanol–water partition coefficient (Wildman–Crippen LogP) is 3.32. The minimum atomic E-state index is -0.294. The molecule has 2 N–H and O–H groups in total. The Morgan fingerprint density at radius 3 is 2.90 bits per heavy atom. The van der Waals surface area contributed by atoms with Crippen molar-refractivity contribution in [1.29, 1.82) is 0 Å². The third-order valence-electron chi connectivity index (χ3n) is 2.16. The van der Waals surface area contributed by atoms with Crippen molar-refractivity contribution in [2.24, 2.45) is 0 Å². The van der Waals surface area contributed by atoms with E-state index in [1.54, 1.807) is 29.5 Å². The summed E-state index contributed by atoms with van der Waals surface area (Å²) < 4.78 is 0. The molecule has 0 aromatic carbocycles. The van der Waals surface area contributed by atoms with Crippen LogP contribution in [0.1, 0.15) is 4.88 Å². The molecule has 0 spiro atoms. The van der Waals surface area contributed by atoms with Crippen LogP contribution >= 0.6 is 35.2 Å². The SMILES string of the molecule is O=C(/C=C/c1cccs1)NC(=S)Nc1ccc(Cl)nc1. The maximum atomic E-state index is 11.6. The number of rotatable bonds is 3. The fourth-order valence-corrected chi connectivity index (χ4v) is 2.26. The average Bonchev–Trinajstić information content (AvgIpc) is 2.92. The highest BCUT2D eigenvalue weighted by atomic mass is 35.5. The first-order valence-electron chi connectivity index (χ1n) is 5.58. The maximum absolute atomic E-state index is 11.6. The fraction of sp³-hybridized carbons (Fsp3) is 0. The zero-order chi connectivity index (χ0) is 14.4. The topological polar surface area (TPSA) is 54.0 Å². The molecule has 20 heavy (non-hydrogen) atoms. The van der Waals surface area contributed by atoms with Crippen LogP contribution in [0.4, 0.5) is 5.69 Å². The molecule has 0 saturated heterocycles. The van der Waals surface area contributed by atoms with Crippen molar-refractivity contribution in [3.8, 4) is 0 Å². The molecule has 0 aliphatic heterocycles. The van der Waals surface area contributed by atoms with E-state index in [0.29, 0.717) is 10.8 Å². The van der Waals surface area contributed by atoms with E-state index < -0.39 is 0 Å². The molecule has 4 nitrogen and oxygen atoms in total. The largest absolute Gasteiger partial charge is 0.331 e. The fourth-order valence-electron chi connectivity index (χ4n) is 1.31. The standard InChI is InChI=1S/C13H10ClN3OS2/c14-11-5-3-9(8-15-11)16-13(19)17-12(18)6-4-10-2-1-7-20-10/h1-8H,(H2,16,17,18,19)/b6-4+. The molecule has 1 amide bonds. The number of nitrogens with one attached hydrogen (secondary N) is 2. The summed E-state index contributed by atoms with van der Waals surface area (Å²) in [5.41, 5.74) is 0.655. The Bertz CT molecular complexity index is 624. The van der Waals surface area contributed by atoms with E-state index in [-0.39, 0.29) is 11.0 Å². The third-order valence-corrected chi connectivity index (χ3v) is 3.43. The van der Waals surface area contributed by atoms with Crippen LogP contribution in [0.2, 0.25) is 5.15 Å². The van der Waals surface area contributed by atoms with Crippen molar-refractivity contribution in [1.82, 2.24) is 10.3 Å². The highest BCUT2D eigenvalue weighted by molar-refractivity contribution is 7.80. The number of halogens is 1. The van der Waals surface area contributed by atoms with Gasteiger partial charge < -0.3 is 5.32 Å². The maximum Gasteiger partial charge on any atom is 0.250 e. The Kier molecular flexibility index (Phi) is 5.23. The molecule has 0 fully saturated rings. The van der Waals surface area contributed by atoms with Crippen molar-refractivity contribution < 1.29 is 4.79 Å². The van der Waals surface area contributed by atoms with E-state index >= 15 is 0 Å². The lowest BCUT2D eigenvalue weighted by Crippen LogP contribution is -2.32. The Balaban J connectivity index is 1.85. The first kappa shape index (κ1) is 14.6. The molecule has 0 aliphatic carbocycles. The van der Waals surface area contributed by atoms with E-state index in [4.69, 9.17) is 23.8 Å². The number of nitrogens with zero attached hydrogens (tertiary/aromatic N) is 1. The number of anilines is 1. The lowest BCUT2D eigenvalue weighted by atomic mass is 10.4. The van der Waals surface area contributed by atoms with Crippen molar-refractivity contribution in [3.63, 3.8) is 0 Å². The summed E-state index contributed by atoms with van der Waals surface area (Å²) in [5.74, 6) is -0.294. The summed E-state index contributed by atoms with van der Waals surface area (Å²) in [4.78, 5) is 16.5. The molecule has 0 unspecified atom stereocenters. The number of hydrogen-bond donors (Lipinski definition) is 2. The van der Waals surface area contributed by atoms with Gasteiger partial charge in [-0.2, -0.15) is 0 Å². The number of thiophene rings is 1. The second-order valence-corrected chi connectivity index (χ2v) is 5.44. The zero-order valence-electron chi connectivity index (χ0n) is 10.2. The van der Waals surface area contributed by atoms with Gasteiger partial charge >= 0.3 is 0 Å². The van der Waals surface area contributed by atoms with Crippen molar-refractivity contribution in [2.75, 3.05) is 5.32 Å². The number of thiocarbonyl (C=S) groups is 1. The second kappa shape index (κ2) is 7.14. The number of aromatic nitrogens is 1. The van der Waals surface area contributed by atoms with E-state index in [1.807, 2.05) is 17.5 Å². The summed E-state index contributed by atoms with van der Waals surface area (Å²) in [5, 5.41) is 7.92. The van der Waals surface area contributed by atoms with Gasteiger partial charge in [0, 0.05) is 11.0 Å². The smallest absolute Gasteiger partial charge is 0.250 e. The number of hydrogen-bond acceptors (Lipinski definition) is 4. The summed E-state index contributed by atoms with van der Waals surface area (Å²) >= 11 is 12.2. The van der Waals surface area contributed by atoms with Gasteiger partial charge in [-0.3, -0.25) is 10.1 Å². The van der Waals surface area contributed by atoms with Gasteiger partial charge in [-0.1, -0.05) is 17.7 Å². The summed E-state index contributed by atoms with van der Waals surface area (Å²) in [6.07, 6.45) is 4.69. The van der Waals surface area contributed by atoms with Crippen LogP contribution < -0.4 is 10.6 Å². The molecule has 2 heterocycles. The van der Waals surface area contributed by atoms with Gasteiger partial charge in [0.15, 0.2) is 5.11 Å². The number of pyridine rings is 1. The summed E-state index contributed by atoms with van der Waals surface area (Å²) in [6, 6.07) is 7.19. The molecule has 2 aromatic rings. The molecule has 0 aliphatic rings. The second-order valence-electron chi connectivity index (χ2n) is 3.66. The number of carbonyl (C=O) groups excluding carboxylic acids is 1. The van der Waals surface area contributed by atoms with E-state index in [1.165, 1.54) is 12.3 Å². The van der Waals surface area contributed by atoms with Gasteiger partial charge in [-0.05, 0) is 41.9 Å². The zero-order valence-corrected chi connectivity index (χ0v) is 12.6. The van der Waals surface area contributed by atoms with E-state index in [9.17, 15) is 4.79 Å². The minimum Gasteiger partial charge on any atom is -0.331 e. The predicted molar refractivity (Wildman–Crippen MR) is 87.0 cm³/mol. The van der Waals surface area contributed by atoms with Crippen LogP contribution in [-0.2, 0) is 4.79 Å². The molecule has 0 radical (unpaired) electrons. The third kappa shape index (κ3) is 4.73. The lowest BCUT2D eigenvalue weighted by Gasteiger charge is -2.07. The Morgan fingerprint density at radius 2 is 2.25 bits per heavy atom. The quantitative estimate of drug-likeness (QED) is 0.517. The Labute approximate surface area is 130 Å². The highest BCUT2D eigenvalue weighted by Gasteiger charge is 2.02. The van der Waals surface area contributed by atoms with Crippen LogP contribution in [0, 0.1) is 0 Å². The van der Waals surface area contributed by atoms with Gasteiger partial charge in [0.2, 0.25) is 5.91 Å². The number of amides is 1. The number of carbonyl (C=O) groups is 1. The van der Waals surface area contributed by atoms with Gasteiger partial charge in [-0.25, -0.2) is 4.98 Å². The summed E-state index contributed by atoms with van der Waals surface area (Å²) in [7, 11) is 0.